The third-order valence-electron chi connectivity index (χ3n) is 15.6. The highest BCUT2D eigenvalue weighted by Gasteiger charge is 2.25. The van der Waals surface area contributed by atoms with Crippen LogP contribution in [0.4, 0.5) is 0 Å². The molecule has 84 heavy (non-hydrogen) atoms. The molecule has 0 spiro atoms. The molecule has 11 aromatic carbocycles. The van der Waals surface area contributed by atoms with Crippen LogP contribution in [0.15, 0.2) is 243 Å². The smallest absolute Gasteiger partial charge is 0.166 e. The number of fused-ring (bicyclic) bond motifs is 6. The first kappa shape index (κ1) is 49.8. The zero-order valence-electron chi connectivity index (χ0n) is 44.6. The van der Waals surface area contributed by atoms with Crippen molar-refractivity contribution in [1.82, 2.24) is 24.1 Å². The number of hydrogen-bond acceptors (Lipinski definition) is 8. The summed E-state index contributed by atoms with van der Waals surface area (Å²) in [4.78, 5) is 15.8. The van der Waals surface area contributed by atoms with E-state index in [-0.39, 0.29) is 0 Å². The lowest BCUT2D eigenvalue weighted by Gasteiger charge is -2.19. The third kappa shape index (κ3) is 8.70. The van der Waals surface area contributed by atoms with Gasteiger partial charge in [-0.3, -0.25) is 0 Å². The van der Waals surface area contributed by atoms with Gasteiger partial charge in [0, 0.05) is 38.2 Å². The summed E-state index contributed by atoms with van der Waals surface area (Å²) in [7, 11) is 0. The lowest BCUT2D eigenvalue weighted by Crippen LogP contribution is -2.07. The van der Waals surface area contributed by atoms with Crippen LogP contribution in [0.1, 0.15) is 27.8 Å². The molecule has 0 aliphatic heterocycles. The van der Waals surface area contributed by atoms with Gasteiger partial charge in [-0.25, -0.2) is 15.0 Å². The number of hydrogen-bond donors (Lipinski definition) is 0. The molecule has 10 nitrogen and oxygen atoms in total. The molecule has 0 aliphatic carbocycles. The highest BCUT2D eigenvalue weighted by molar-refractivity contribution is 6.14. The number of benzene rings is 11. The minimum Gasteiger partial charge on any atom is -0.308 e. The van der Waals surface area contributed by atoms with Crippen molar-refractivity contribution in [2.24, 2.45) is 0 Å². The lowest BCUT2D eigenvalue weighted by atomic mass is 9.99. The second-order valence-corrected chi connectivity index (χ2v) is 20.4. The Bertz CT molecular complexity index is 4910. The molecule has 0 N–H and O–H groups in total. The van der Waals surface area contributed by atoms with Crippen molar-refractivity contribution in [2.45, 2.75) is 0 Å². The first-order valence-corrected chi connectivity index (χ1v) is 27.0. The third-order valence-corrected chi connectivity index (χ3v) is 15.6. The minimum absolute atomic E-state index is 0.383. The Morgan fingerprint density at radius 1 is 0.250 bits per heavy atom. The molecular weight excluding hydrogens is 1030 g/mol. The number of rotatable bonds is 9. The van der Waals surface area contributed by atoms with Gasteiger partial charge in [-0.15, -0.1) is 0 Å². The molecule has 10 heteroatoms. The first-order valence-electron chi connectivity index (χ1n) is 27.0. The zero-order valence-corrected chi connectivity index (χ0v) is 44.6. The van der Waals surface area contributed by atoms with Crippen molar-refractivity contribution in [2.75, 3.05) is 0 Å². The lowest BCUT2D eigenvalue weighted by molar-refractivity contribution is 1.06. The number of aromatic nitrogens is 5. The summed E-state index contributed by atoms with van der Waals surface area (Å²) in [6.07, 6.45) is 0. The van der Waals surface area contributed by atoms with Gasteiger partial charge >= 0.3 is 0 Å². The topological polar surface area (TPSA) is 167 Å². The highest BCUT2D eigenvalue weighted by atomic mass is 15.1. The minimum atomic E-state index is 0.383. The molecular formula is C74H40N10. The summed E-state index contributed by atoms with van der Waals surface area (Å²) in [5.74, 6) is 1.33. The van der Waals surface area contributed by atoms with Gasteiger partial charge in [0.15, 0.2) is 17.5 Å². The van der Waals surface area contributed by atoms with E-state index in [1.807, 2.05) is 170 Å². The fourth-order valence-corrected chi connectivity index (χ4v) is 11.4. The summed E-state index contributed by atoms with van der Waals surface area (Å²) in [6.45, 7) is 0. The standard InChI is InChI=1S/C74H40N10/c75-41-46-11-19-50(20-12-46)56-27-31-66-61(35-56)62-36-57(51-21-13-47(42-76)14-22-51)28-32-67(62)83(66)70-40-65(74-81-72(54-7-3-1-4-8-54)80-73(82-74)55-9-5-2-6-10-55)71(39-60(70)45-79)84-68-33-29-58(52-23-15-48(43-77)16-24-52)37-63(68)64-38-59(30-34-69(64)84)53-25-17-49(44-78)18-26-53/h1-40H. The van der Waals surface area contributed by atoms with E-state index in [2.05, 4.69) is 112 Å². The SMILES string of the molecule is N#Cc1ccc(-c2ccc3c(c2)c2cc(-c4ccc(C#N)cc4)ccc2n3-c2cc(-c3nc(-c4ccccc4)nc(-c4ccccc4)n3)c(-n3c4ccc(-c5ccc(C#N)cc5)cc4c4cc(-c5ccc(C#N)cc5)ccc43)cc2C#N)cc1. The van der Waals surface area contributed by atoms with E-state index in [0.29, 0.717) is 62.2 Å². The summed E-state index contributed by atoms with van der Waals surface area (Å²) >= 11 is 0. The monoisotopic (exact) mass is 1070 g/mol. The quantitative estimate of drug-likeness (QED) is 0.138. The van der Waals surface area contributed by atoms with Gasteiger partial charge < -0.3 is 9.13 Å². The zero-order chi connectivity index (χ0) is 56.8. The largest absolute Gasteiger partial charge is 0.308 e. The maximum absolute atomic E-state index is 11.7. The van der Waals surface area contributed by atoms with E-state index < -0.39 is 0 Å². The Kier molecular flexibility index (Phi) is 12.2. The molecule has 3 heterocycles. The molecule has 0 unspecified atom stereocenters. The van der Waals surface area contributed by atoms with E-state index in [1.165, 1.54) is 0 Å². The Balaban J connectivity index is 1.08. The van der Waals surface area contributed by atoms with Gasteiger partial charge in [0.05, 0.1) is 85.5 Å². The van der Waals surface area contributed by atoms with Gasteiger partial charge in [-0.05, 0) is 154 Å². The number of nitrogens with zero attached hydrogens (tertiary/aromatic N) is 10. The molecule has 0 fully saturated rings. The molecule has 386 valence electrons. The van der Waals surface area contributed by atoms with Crippen LogP contribution in [0, 0.1) is 56.7 Å². The highest BCUT2D eigenvalue weighted by Crippen LogP contribution is 2.44. The summed E-state index contributed by atoms with van der Waals surface area (Å²) in [6, 6.07) is 91.0. The van der Waals surface area contributed by atoms with Crippen molar-refractivity contribution in [3.05, 3.63) is 270 Å². The summed E-state index contributed by atoms with van der Waals surface area (Å²) in [5.41, 5.74) is 17.2. The molecule has 0 atom stereocenters. The fraction of sp³-hybridized carbons (Fsp3) is 0. The van der Waals surface area contributed by atoms with Crippen LogP contribution in [-0.2, 0) is 0 Å². The summed E-state index contributed by atoms with van der Waals surface area (Å²) in [5, 5.41) is 54.2. The van der Waals surface area contributed by atoms with Gasteiger partial charge in [0.1, 0.15) is 6.07 Å². The number of nitriles is 5. The molecule has 0 amide bonds. The van der Waals surface area contributed by atoms with Crippen LogP contribution in [0.5, 0.6) is 0 Å². The second kappa shape index (κ2) is 20.6. The van der Waals surface area contributed by atoms with Crippen LogP contribution in [0.25, 0.3) is 134 Å². The molecule has 0 aliphatic rings. The van der Waals surface area contributed by atoms with Crippen LogP contribution in [-0.4, -0.2) is 24.1 Å². The van der Waals surface area contributed by atoms with Gasteiger partial charge in [0.25, 0.3) is 0 Å². The van der Waals surface area contributed by atoms with Gasteiger partial charge in [-0.1, -0.05) is 133 Å². The van der Waals surface area contributed by atoms with E-state index >= 15 is 0 Å². The Morgan fingerprint density at radius 2 is 0.548 bits per heavy atom. The predicted molar refractivity (Wildman–Crippen MR) is 330 cm³/mol. The van der Waals surface area contributed by atoms with E-state index in [1.54, 1.807) is 0 Å². The van der Waals surface area contributed by atoms with E-state index in [0.717, 1.165) is 99.2 Å². The molecule has 3 aromatic heterocycles. The van der Waals surface area contributed by atoms with Crippen LogP contribution in [0.2, 0.25) is 0 Å². The van der Waals surface area contributed by atoms with Crippen molar-refractivity contribution >= 4 is 43.6 Å². The van der Waals surface area contributed by atoms with Crippen molar-refractivity contribution in [1.29, 1.82) is 26.3 Å². The molecule has 0 saturated heterocycles. The molecule has 0 radical (unpaired) electrons. The van der Waals surface area contributed by atoms with Crippen molar-refractivity contribution < 1.29 is 0 Å². The average Bonchev–Trinajstić information content (AvgIpc) is 3.52. The molecule has 0 bridgehead atoms. The van der Waals surface area contributed by atoms with Gasteiger partial charge in [0.2, 0.25) is 0 Å². The normalized spacial score (nSPS) is 11.0. The Morgan fingerprint density at radius 3 is 0.857 bits per heavy atom. The van der Waals surface area contributed by atoms with Crippen molar-refractivity contribution in [3.8, 4) is 120 Å². The molecule has 14 aromatic rings. The Labute approximate surface area is 482 Å². The van der Waals surface area contributed by atoms with E-state index in [9.17, 15) is 26.3 Å². The molecule has 14 rings (SSSR count). The summed E-state index contributed by atoms with van der Waals surface area (Å²) < 4.78 is 4.35. The average molecular weight is 1070 g/mol. The van der Waals surface area contributed by atoms with E-state index in [4.69, 9.17) is 15.0 Å². The van der Waals surface area contributed by atoms with Crippen molar-refractivity contribution in [3.63, 3.8) is 0 Å². The second-order valence-electron chi connectivity index (χ2n) is 20.4. The Hall–Kier alpha value is -12.5. The van der Waals surface area contributed by atoms with Gasteiger partial charge in [-0.2, -0.15) is 26.3 Å². The van der Waals surface area contributed by atoms with Crippen LogP contribution < -0.4 is 0 Å². The van der Waals surface area contributed by atoms with Crippen LogP contribution in [0.3, 0.4) is 0 Å². The first-order chi connectivity index (χ1) is 41.4. The maximum atomic E-state index is 11.7. The van der Waals surface area contributed by atoms with Crippen LogP contribution >= 0.6 is 0 Å². The maximum Gasteiger partial charge on any atom is 0.166 e. The predicted octanol–water partition coefficient (Wildman–Crippen LogP) is 17.1. The molecule has 0 saturated carbocycles. The fourth-order valence-electron chi connectivity index (χ4n) is 11.4.